The van der Waals surface area contributed by atoms with Crippen LogP contribution in [0, 0.1) is 0 Å². The summed E-state index contributed by atoms with van der Waals surface area (Å²) in [5.74, 6) is 1.92. The van der Waals surface area contributed by atoms with Crippen molar-refractivity contribution in [3.63, 3.8) is 0 Å². The SMILES string of the molecule is COC(=O)c1ccncc1CC[C@@H]1CCOc2cc(N(C)c3ccc(OC4CC4)cc3)ccc21. The van der Waals surface area contributed by atoms with Crippen LogP contribution in [-0.2, 0) is 11.2 Å². The van der Waals surface area contributed by atoms with Gasteiger partial charge in [0.1, 0.15) is 11.5 Å². The molecule has 6 heteroatoms. The topological polar surface area (TPSA) is 60.9 Å². The molecule has 5 rings (SSSR count). The van der Waals surface area contributed by atoms with Crippen LogP contribution in [0.2, 0.25) is 0 Å². The number of anilines is 2. The Morgan fingerprint density at radius 2 is 1.88 bits per heavy atom. The van der Waals surface area contributed by atoms with Gasteiger partial charge in [0.05, 0.1) is 25.4 Å². The summed E-state index contributed by atoms with van der Waals surface area (Å²) in [7, 11) is 3.47. The zero-order valence-corrected chi connectivity index (χ0v) is 19.7. The van der Waals surface area contributed by atoms with Gasteiger partial charge in [-0.1, -0.05) is 6.07 Å². The molecular weight excluding hydrogens is 428 g/mol. The molecule has 2 heterocycles. The molecule has 0 radical (unpaired) electrons. The molecule has 1 aliphatic carbocycles. The summed E-state index contributed by atoms with van der Waals surface area (Å²) in [5, 5.41) is 0. The highest BCUT2D eigenvalue weighted by Crippen LogP contribution is 2.40. The average molecular weight is 459 g/mol. The maximum atomic E-state index is 12.1. The number of carbonyl (C=O) groups excluding carboxylic acids is 1. The van der Waals surface area contributed by atoms with Gasteiger partial charge in [-0.15, -0.1) is 0 Å². The van der Waals surface area contributed by atoms with Crippen LogP contribution < -0.4 is 14.4 Å². The van der Waals surface area contributed by atoms with Crippen LogP contribution in [0.25, 0.3) is 0 Å². The Kier molecular flexibility index (Phi) is 6.39. The Bertz CT molecular complexity index is 1160. The summed E-state index contributed by atoms with van der Waals surface area (Å²) in [6.07, 6.45) is 8.76. The second-order valence-corrected chi connectivity index (χ2v) is 8.99. The average Bonchev–Trinajstić information content (AvgIpc) is 3.71. The molecular formula is C28H30N2O4. The number of pyridine rings is 1. The number of rotatable bonds is 8. The van der Waals surface area contributed by atoms with Crippen molar-refractivity contribution in [3.05, 3.63) is 77.6 Å². The third-order valence-electron chi connectivity index (χ3n) is 6.67. The number of methoxy groups -OCH3 is 1. The molecule has 34 heavy (non-hydrogen) atoms. The van der Waals surface area contributed by atoms with Crippen molar-refractivity contribution in [2.45, 2.75) is 44.1 Å². The van der Waals surface area contributed by atoms with E-state index in [-0.39, 0.29) is 5.97 Å². The van der Waals surface area contributed by atoms with Crippen molar-refractivity contribution in [2.75, 3.05) is 25.7 Å². The van der Waals surface area contributed by atoms with E-state index in [1.165, 1.54) is 12.7 Å². The van der Waals surface area contributed by atoms with Crippen LogP contribution >= 0.6 is 0 Å². The van der Waals surface area contributed by atoms with Crippen LogP contribution in [0.1, 0.15) is 53.1 Å². The second-order valence-electron chi connectivity index (χ2n) is 8.99. The van der Waals surface area contributed by atoms with Crippen molar-refractivity contribution < 1.29 is 19.0 Å². The first-order chi connectivity index (χ1) is 16.6. The van der Waals surface area contributed by atoms with Crippen molar-refractivity contribution in [1.29, 1.82) is 0 Å². The number of esters is 1. The Balaban J connectivity index is 1.29. The molecule has 1 aliphatic heterocycles. The predicted octanol–water partition coefficient (Wildman–Crippen LogP) is 5.68. The fraction of sp³-hybridized carbons (Fsp3) is 0.357. The number of carbonyl (C=O) groups is 1. The highest BCUT2D eigenvalue weighted by molar-refractivity contribution is 5.90. The molecule has 176 valence electrons. The number of hydrogen-bond donors (Lipinski definition) is 0. The molecule has 1 aromatic heterocycles. The van der Waals surface area contributed by atoms with Crippen LogP contribution in [-0.4, -0.2) is 37.8 Å². The maximum absolute atomic E-state index is 12.1. The number of aryl methyl sites for hydroxylation is 1. The van der Waals surface area contributed by atoms with Gasteiger partial charge < -0.3 is 19.1 Å². The molecule has 1 atom stereocenters. The van der Waals surface area contributed by atoms with E-state index in [0.717, 1.165) is 60.5 Å². The van der Waals surface area contributed by atoms with E-state index >= 15 is 0 Å². The van der Waals surface area contributed by atoms with Gasteiger partial charge in [0.15, 0.2) is 0 Å². The molecule has 3 aromatic rings. The molecule has 2 aliphatic rings. The molecule has 0 amide bonds. The van der Waals surface area contributed by atoms with Gasteiger partial charge in [-0.3, -0.25) is 4.98 Å². The minimum Gasteiger partial charge on any atom is -0.493 e. The van der Waals surface area contributed by atoms with Gasteiger partial charge in [-0.25, -0.2) is 4.79 Å². The Morgan fingerprint density at radius 3 is 2.65 bits per heavy atom. The lowest BCUT2D eigenvalue weighted by Gasteiger charge is -2.28. The zero-order valence-electron chi connectivity index (χ0n) is 19.7. The van der Waals surface area contributed by atoms with Crippen molar-refractivity contribution in [3.8, 4) is 11.5 Å². The normalized spacial score (nSPS) is 16.8. The maximum Gasteiger partial charge on any atom is 0.338 e. The molecule has 0 spiro atoms. The van der Waals surface area contributed by atoms with E-state index in [9.17, 15) is 4.79 Å². The van der Waals surface area contributed by atoms with E-state index in [4.69, 9.17) is 14.2 Å². The number of benzene rings is 2. The fourth-order valence-corrected chi connectivity index (χ4v) is 4.50. The van der Waals surface area contributed by atoms with E-state index in [2.05, 4.69) is 47.3 Å². The third kappa shape index (κ3) is 4.86. The van der Waals surface area contributed by atoms with Gasteiger partial charge >= 0.3 is 5.97 Å². The fourth-order valence-electron chi connectivity index (χ4n) is 4.50. The van der Waals surface area contributed by atoms with Crippen LogP contribution in [0.4, 0.5) is 11.4 Å². The molecule has 2 aromatic carbocycles. The molecule has 0 N–H and O–H groups in total. The van der Waals surface area contributed by atoms with Crippen molar-refractivity contribution in [2.24, 2.45) is 0 Å². The lowest BCUT2D eigenvalue weighted by molar-refractivity contribution is 0.0599. The van der Waals surface area contributed by atoms with E-state index < -0.39 is 0 Å². The highest BCUT2D eigenvalue weighted by Gasteiger charge is 2.24. The summed E-state index contributed by atoms with van der Waals surface area (Å²) in [5.41, 5.74) is 4.92. The van der Waals surface area contributed by atoms with E-state index in [1.54, 1.807) is 18.5 Å². The van der Waals surface area contributed by atoms with Crippen LogP contribution in [0.15, 0.2) is 60.9 Å². The summed E-state index contributed by atoms with van der Waals surface area (Å²) in [6.45, 7) is 0.689. The Hall–Kier alpha value is -3.54. The second kappa shape index (κ2) is 9.75. The summed E-state index contributed by atoms with van der Waals surface area (Å²) in [4.78, 5) is 18.5. The van der Waals surface area contributed by atoms with Gasteiger partial charge in [0, 0.05) is 36.9 Å². The Morgan fingerprint density at radius 1 is 1.09 bits per heavy atom. The minimum atomic E-state index is -0.315. The number of nitrogens with zero attached hydrogens (tertiary/aromatic N) is 2. The standard InChI is InChI=1S/C28H30N2O4/c1-30(21-5-8-23(9-6-21)34-24-10-11-24)22-7-12-25-19(14-16-33-27(25)17-22)3-4-20-18-29-15-13-26(20)28(31)32-2/h5-9,12-13,15,17-19,24H,3-4,10-11,14,16H2,1-2H3/t19-/m1/s1. The molecule has 0 saturated heterocycles. The number of ether oxygens (including phenoxy) is 3. The smallest absolute Gasteiger partial charge is 0.338 e. The van der Waals surface area contributed by atoms with Gasteiger partial charge in [-0.2, -0.15) is 0 Å². The monoisotopic (exact) mass is 458 g/mol. The molecule has 1 saturated carbocycles. The predicted molar refractivity (Wildman–Crippen MR) is 131 cm³/mol. The zero-order chi connectivity index (χ0) is 23.5. The highest BCUT2D eigenvalue weighted by atomic mass is 16.5. The van der Waals surface area contributed by atoms with Crippen molar-refractivity contribution in [1.82, 2.24) is 4.98 Å². The van der Waals surface area contributed by atoms with Gasteiger partial charge in [-0.05, 0) is 85.5 Å². The van der Waals surface area contributed by atoms with Crippen LogP contribution in [0.5, 0.6) is 11.5 Å². The number of fused-ring (bicyclic) bond motifs is 1. The lowest BCUT2D eigenvalue weighted by Crippen LogP contribution is -2.17. The van der Waals surface area contributed by atoms with Crippen molar-refractivity contribution >= 4 is 17.3 Å². The number of hydrogen-bond acceptors (Lipinski definition) is 6. The summed E-state index contributed by atoms with van der Waals surface area (Å²) >= 11 is 0. The minimum absolute atomic E-state index is 0.315. The molecule has 0 bridgehead atoms. The Labute approximate surface area is 200 Å². The third-order valence-corrected chi connectivity index (χ3v) is 6.67. The molecule has 6 nitrogen and oxygen atoms in total. The first kappa shape index (κ1) is 22.3. The summed E-state index contributed by atoms with van der Waals surface area (Å²) in [6, 6.07) is 16.4. The van der Waals surface area contributed by atoms with Gasteiger partial charge in [0.2, 0.25) is 0 Å². The molecule has 0 unspecified atom stereocenters. The van der Waals surface area contributed by atoms with E-state index in [1.807, 2.05) is 12.1 Å². The summed E-state index contributed by atoms with van der Waals surface area (Å²) < 4.78 is 16.8. The van der Waals surface area contributed by atoms with Crippen LogP contribution in [0.3, 0.4) is 0 Å². The van der Waals surface area contributed by atoms with Gasteiger partial charge in [0.25, 0.3) is 0 Å². The quantitative estimate of drug-likeness (QED) is 0.405. The first-order valence-electron chi connectivity index (χ1n) is 11.9. The first-order valence-corrected chi connectivity index (χ1v) is 11.9. The lowest BCUT2D eigenvalue weighted by atomic mass is 9.87. The number of aromatic nitrogens is 1. The largest absolute Gasteiger partial charge is 0.493 e. The molecule has 1 fully saturated rings. The van der Waals surface area contributed by atoms with E-state index in [0.29, 0.717) is 24.2 Å².